The smallest absolute Gasteiger partial charge is 0.0672 e. The minimum atomic E-state index is 0.153. The van der Waals surface area contributed by atoms with Crippen LogP contribution in [0.15, 0.2) is 0 Å². The highest BCUT2D eigenvalue weighted by Gasteiger charge is 2.41. The molecule has 0 bridgehead atoms. The SMILES string of the molecule is CC(C)(C)C1CCC(C#N)C(N2CCCCC2CO)C1. The van der Waals surface area contributed by atoms with Gasteiger partial charge in [-0.25, -0.2) is 0 Å². The Morgan fingerprint density at radius 1 is 1.20 bits per heavy atom. The first-order chi connectivity index (χ1) is 9.47. The zero-order chi connectivity index (χ0) is 14.8. The molecular formula is C17H30N2O. The van der Waals surface area contributed by atoms with E-state index in [0.29, 0.717) is 17.4 Å². The number of rotatable bonds is 2. The molecule has 1 aliphatic heterocycles. The second-order valence-electron chi connectivity index (χ2n) is 7.75. The van der Waals surface area contributed by atoms with Crippen LogP contribution in [-0.2, 0) is 0 Å². The van der Waals surface area contributed by atoms with E-state index in [1.807, 2.05) is 0 Å². The third-order valence-corrected chi connectivity index (χ3v) is 5.52. The molecule has 1 aliphatic carbocycles. The molecule has 2 aliphatic rings. The zero-order valence-electron chi connectivity index (χ0n) is 13.3. The molecule has 4 unspecified atom stereocenters. The van der Waals surface area contributed by atoms with Crippen molar-refractivity contribution in [1.82, 2.24) is 4.90 Å². The normalized spacial score (nSPS) is 36.5. The molecule has 3 heteroatoms. The summed E-state index contributed by atoms with van der Waals surface area (Å²) in [5.41, 5.74) is 0.323. The number of nitrogens with zero attached hydrogens (tertiary/aromatic N) is 2. The number of nitriles is 1. The van der Waals surface area contributed by atoms with Crippen molar-refractivity contribution in [3.63, 3.8) is 0 Å². The van der Waals surface area contributed by atoms with E-state index < -0.39 is 0 Å². The van der Waals surface area contributed by atoms with Crippen LogP contribution in [0.1, 0.15) is 59.3 Å². The van der Waals surface area contributed by atoms with Crippen LogP contribution in [0.3, 0.4) is 0 Å². The second-order valence-corrected chi connectivity index (χ2v) is 7.75. The van der Waals surface area contributed by atoms with Crippen LogP contribution in [0, 0.1) is 28.6 Å². The van der Waals surface area contributed by atoms with Gasteiger partial charge in [0.1, 0.15) is 0 Å². The Bertz CT molecular complexity index is 355. The molecule has 0 aromatic rings. The number of hydrogen-bond acceptors (Lipinski definition) is 3. The van der Waals surface area contributed by atoms with E-state index in [9.17, 15) is 10.4 Å². The maximum Gasteiger partial charge on any atom is 0.0672 e. The van der Waals surface area contributed by atoms with E-state index in [2.05, 4.69) is 31.7 Å². The van der Waals surface area contributed by atoms with Crippen LogP contribution in [-0.4, -0.2) is 35.2 Å². The maximum absolute atomic E-state index is 9.65. The highest BCUT2D eigenvalue weighted by molar-refractivity contribution is 5.01. The van der Waals surface area contributed by atoms with Gasteiger partial charge in [0.2, 0.25) is 0 Å². The average molecular weight is 278 g/mol. The predicted octanol–water partition coefficient (Wildman–Crippen LogP) is 3.19. The van der Waals surface area contributed by atoms with Gasteiger partial charge >= 0.3 is 0 Å². The minimum absolute atomic E-state index is 0.153. The molecule has 20 heavy (non-hydrogen) atoms. The number of likely N-dealkylation sites (tertiary alicyclic amines) is 1. The quantitative estimate of drug-likeness (QED) is 0.844. The molecule has 1 saturated heterocycles. The highest BCUT2D eigenvalue weighted by Crippen LogP contribution is 2.42. The average Bonchev–Trinajstić information content (AvgIpc) is 2.45. The van der Waals surface area contributed by atoms with Gasteiger partial charge in [-0.15, -0.1) is 0 Å². The van der Waals surface area contributed by atoms with Gasteiger partial charge in [-0.1, -0.05) is 27.2 Å². The lowest BCUT2D eigenvalue weighted by Gasteiger charge is -2.48. The van der Waals surface area contributed by atoms with Crippen LogP contribution >= 0.6 is 0 Å². The zero-order valence-corrected chi connectivity index (χ0v) is 13.3. The van der Waals surface area contributed by atoms with Crippen LogP contribution < -0.4 is 0 Å². The lowest BCUT2D eigenvalue weighted by molar-refractivity contribution is -0.00207. The van der Waals surface area contributed by atoms with Crippen molar-refractivity contribution < 1.29 is 5.11 Å². The number of hydrogen-bond donors (Lipinski definition) is 1. The third kappa shape index (κ3) is 3.35. The lowest BCUT2D eigenvalue weighted by atomic mass is 9.67. The molecule has 2 fully saturated rings. The number of aliphatic hydroxyl groups is 1. The summed E-state index contributed by atoms with van der Waals surface area (Å²) in [6.07, 6.45) is 6.84. The summed E-state index contributed by atoms with van der Waals surface area (Å²) in [5.74, 6) is 0.846. The van der Waals surface area contributed by atoms with Crippen LogP contribution in [0.25, 0.3) is 0 Å². The van der Waals surface area contributed by atoms with E-state index in [0.717, 1.165) is 25.8 Å². The van der Waals surface area contributed by atoms with E-state index in [-0.39, 0.29) is 18.6 Å². The lowest BCUT2D eigenvalue weighted by Crippen LogP contribution is -2.53. The summed E-state index contributed by atoms with van der Waals surface area (Å²) in [5, 5.41) is 19.2. The van der Waals surface area contributed by atoms with E-state index in [4.69, 9.17) is 0 Å². The molecule has 1 saturated carbocycles. The highest BCUT2D eigenvalue weighted by atomic mass is 16.3. The fraction of sp³-hybridized carbons (Fsp3) is 0.941. The van der Waals surface area contributed by atoms with Crippen molar-refractivity contribution in [1.29, 1.82) is 5.26 Å². The molecule has 3 nitrogen and oxygen atoms in total. The van der Waals surface area contributed by atoms with Crippen LogP contribution in [0.2, 0.25) is 0 Å². The molecule has 1 heterocycles. The summed E-state index contributed by atoms with van der Waals surface area (Å²) in [4.78, 5) is 2.47. The van der Waals surface area contributed by atoms with Crippen LogP contribution in [0.5, 0.6) is 0 Å². The summed E-state index contributed by atoms with van der Waals surface area (Å²) >= 11 is 0. The maximum atomic E-state index is 9.65. The first-order valence-corrected chi connectivity index (χ1v) is 8.23. The standard InChI is InChI=1S/C17H30N2O/c1-17(2,3)14-8-7-13(11-18)16(10-14)19-9-5-4-6-15(19)12-20/h13-16,20H,4-10,12H2,1-3H3. The fourth-order valence-corrected chi connectivity index (χ4v) is 4.11. The first-order valence-electron chi connectivity index (χ1n) is 8.23. The first kappa shape index (κ1) is 15.8. The van der Waals surface area contributed by atoms with Gasteiger partial charge in [-0.3, -0.25) is 4.90 Å². The van der Waals surface area contributed by atoms with Crippen molar-refractivity contribution in [3.8, 4) is 6.07 Å². The molecule has 0 aromatic heterocycles. The van der Waals surface area contributed by atoms with Crippen molar-refractivity contribution >= 4 is 0 Å². The largest absolute Gasteiger partial charge is 0.395 e. The van der Waals surface area contributed by atoms with Crippen molar-refractivity contribution in [2.75, 3.05) is 13.2 Å². The van der Waals surface area contributed by atoms with Gasteiger partial charge in [0.25, 0.3) is 0 Å². The van der Waals surface area contributed by atoms with Gasteiger partial charge in [-0.2, -0.15) is 5.26 Å². The molecule has 1 N–H and O–H groups in total. The second kappa shape index (κ2) is 6.45. The molecular weight excluding hydrogens is 248 g/mol. The van der Waals surface area contributed by atoms with Gasteiger partial charge in [-0.05, 0) is 50.0 Å². The molecule has 114 valence electrons. The molecule has 2 rings (SSSR count). The molecule has 0 spiro atoms. The molecule has 4 atom stereocenters. The predicted molar refractivity (Wildman–Crippen MR) is 81.1 cm³/mol. The fourth-order valence-electron chi connectivity index (χ4n) is 4.11. The minimum Gasteiger partial charge on any atom is -0.395 e. The Kier molecular flexibility index (Phi) is 5.09. The summed E-state index contributed by atoms with van der Waals surface area (Å²) in [7, 11) is 0. The van der Waals surface area contributed by atoms with E-state index >= 15 is 0 Å². The Hall–Kier alpha value is -0.590. The van der Waals surface area contributed by atoms with Crippen molar-refractivity contribution in [3.05, 3.63) is 0 Å². The van der Waals surface area contributed by atoms with Gasteiger partial charge < -0.3 is 5.11 Å². The summed E-state index contributed by atoms with van der Waals surface area (Å²) in [6, 6.07) is 3.18. The Morgan fingerprint density at radius 2 is 1.95 bits per heavy atom. The van der Waals surface area contributed by atoms with Gasteiger partial charge in [0.15, 0.2) is 0 Å². The Balaban J connectivity index is 2.14. The third-order valence-electron chi connectivity index (χ3n) is 5.52. The van der Waals surface area contributed by atoms with Gasteiger partial charge in [0.05, 0.1) is 18.6 Å². The summed E-state index contributed by atoms with van der Waals surface area (Å²) in [6.45, 7) is 8.27. The van der Waals surface area contributed by atoms with Crippen molar-refractivity contribution in [2.24, 2.45) is 17.3 Å². The number of piperidine rings is 1. The topological polar surface area (TPSA) is 47.3 Å². The Morgan fingerprint density at radius 3 is 2.55 bits per heavy atom. The van der Waals surface area contributed by atoms with E-state index in [1.54, 1.807) is 0 Å². The van der Waals surface area contributed by atoms with Gasteiger partial charge in [0, 0.05) is 12.1 Å². The number of aliphatic hydroxyl groups excluding tert-OH is 1. The van der Waals surface area contributed by atoms with E-state index in [1.165, 1.54) is 19.3 Å². The Labute approximate surface area is 124 Å². The summed E-state index contributed by atoms with van der Waals surface area (Å²) < 4.78 is 0. The van der Waals surface area contributed by atoms with Crippen molar-refractivity contribution in [2.45, 2.75) is 71.4 Å². The molecule has 0 amide bonds. The molecule has 0 aromatic carbocycles. The monoisotopic (exact) mass is 278 g/mol. The van der Waals surface area contributed by atoms with Crippen LogP contribution in [0.4, 0.5) is 0 Å². The molecule has 0 radical (unpaired) electrons.